The van der Waals surface area contributed by atoms with E-state index in [4.69, 9.17) is 0 Å². The van der Waals surface area contributed by atoms with Gasteiger partial charge in [0.1, 0.15) is 17.3 Å². The van der Waals surface area contributed by atoms with Gasteiger partial charge in [-0.1, -0.05) is 6.07 Å². The van der Waals surface area contributed by atoms with Gasteiger partial charge in [0.15, 0.2) is 0 Å². The summed E-state index contributed by atoms with van der Waals surface area (Å²) in [6.45, 7) is 0.341. The van der Waals surface area contributed by atoms with Crippen molar-refractivity contribution in [2.45, 2.75) is 6.54 Å². The van der Waals surface area contributed by atoms with Crippen LogP contribution in [0.25, 0.3) is 0 Å². The van der Waals surface area contributed by atoms with Crippen molar-refractivity contribution in [3.63, 3.8) is 0 Å². The maximum absolute atomic E-state index is 13.5. The Balaban J connectivity index is 2.11. The fourth-order valence-corrected chi connectivity index (χ4v) is 2.27. The molecular formula is C13H12F2N2OS. The number of carbonyl (C=O) groups excluding carboxylic acids is 1. The van der Waals surface area contributed by atoms with Crippen molar-refractivity contribution in [3.8, 4) is 0 Å². The number of amides is 1. The molecule has 0 aliphatic heterocycles. The van der Waals surface area contributed by atoms with E-state index in [-0.39, 0.29) is 11.3 Å². The molecule has 0 saturated heterocycles. The quantitative estimate of drug-likeness (QED) is 0.905. The first-order chi connectivity index (χ1) is 9.11. The Bertz CT molecular complexity index is 561. The topological polar surface area (TPSA) is 41.1 Å². The van der Waals surface area contributed by atoms with Crippen molar-refractivity contribution in [3.05, 3.63) is 51.7 Å². The van der Waals surface area contributed by atoms with Gasteiger partial charge in [0.25, 0.3) is 5.91 Å². The van der Waals surface area contributed by atoms with E-state index in [0.717, 1.165) is 17.0 Å². The zero-order valence-electron chi connectivity index (χ0n) is 10.2. The standard InChI is InChI=1S/C13H12F2N2OS/c1-16-12-10(14)5-8(6-11(12)15)13(18)17-7-9-3-2-4-19-9/h2-6,16H,7H2,1H3,(H,17,18). The fraction of sp³-hybridized carbons (Fsp3) is 0.154. The third kappa shape index (κ3) is 3.08. The minimum absolute atomic E-state index is 0.0365. The maximum atomic E-state index is 13.5. The molecule has 6 heteroatoms. The van der Waals surface area contributed by atoms with E-state index in [2.05, 4.69) is 10.6 Å². The summed E-state index contributed by atoms with van der Waals surface area (Å²) in [4.78, 5) is 12.8. The van der Waals surface area contributed by atoms with Gasteiger partial charge >= 0.3 is 0 Å². The molecule has 0 unspecified atom stereocenters. The molecular weight excluding hydrogens is 270 g/mol. The summed E-state index contributed by atoms with van der Waals surface area (Å²) in [6, 6.07) is 5.76. The molecule has 0 aliphatic rings. The molecule has 3 nitrogen and oxygen atoms in total. The van der Waals surface area contributed by atoms with Crippen LogP contribution in [0.15, 0.2) is 29.6 Å². The van der Waals surface area contributed by atoms with Crippen molar-refractivity contribution in [1.82, 2.24) is 5.32 Å². The summed E-state index contributed by atoms with van der Waals surface area (Å²) in [5.41, 5.74) is -0.277. The lowest BCUT2D eigenvalue weighted by Gasteiger charge is -2.08. The largest absolute Gasteiger partial charge is 0.383 e. The lowest BCUT2D eigenvalue weighted by atomic mass is 10.1. The normalized spacial score (nSPS) is 10.3. The Morgan fingerprint density at radius 2 is 2.00 bits per heavy atom. The number of benzene rings is 1. The van der Waals surface area contributed by atoms with Gasteiger partial charge in [0.05, 0.1) is 6.54 Å². The molecule has 2 rings (SSSR count). The van der Waals surface area contributed by atoms with Crippen molar-refractivity contribution < 1.29 is 13.6 Å². The van der Waals surface area contributed by atoms with Gasteiger partial charge < -0.3 is 10.6 Å². The summed E-state index contributed by atoms with van der Waals surface area (Å²) in [5.74, 6) is -2.08. The number of hydrogen-bond donors (Lipinski definition) is 2. The zero-order valence-corrected chi connectivity index (χ0v) is 11.0. The molecule has 1 heterocycles. The third-order valence-electron chi connectivity index (χ3n) is 2.56. The van der Waals surface area contributed by atoms with E-state index in [0.29, 0.717) is 6.54 Å². The number of halogens is 2. The van der Waals surface area contributed by atoms with E-state index < -0.39 is 17.5 Å². The molecule has 0 aliphatic carbocycles. The number of anilines is 1. The van der Waals surface area contributed by atoms with Crippen LogP contribution in [0.4, 0.5) is 14.5 Å². The van der Waals surface area contributed by atoms with Crippen LogP contribution in [-0.4, -0.2) is 13.0 Å². The van der Waals surface area contributed by atoms with E-state index in [1.807, 2.05) is 17.5 Å². The smallest absolute Gasteiger partial charge is 0.251 e. The zero-order chi connectivity index (χ0) is 13.8. The monoisotopic (exact) mass is 282 g/mol. The van der Waals surface area contributed by atoms with Crippen LogP contribution >= 0.6 is 11.3 Å². The predicted molar refractivity (Wildman–Crippen MR) is 71.4 cm³/mol. The van der Waals surface area contributed by atoms with Crippen LogP contribution in [-0.2, 0) is 6.54 Å². The van der Waals surface area contributed by atoms with E-state index in [1.165, 1.54) is 18.4 Å². The third-order valence-corrected chi connectivity index (χ3v) is 3.43. The van der Waals surface area contributed by atoms with Crippen LogP contribution in [0.2, 0.25) is 0 Å². The van der Waals surface area contributed by atoms with Crippen LogP contribution in [0.3, 0.4) is 0 Å². The van der Waals surface area contributed by atoms with Crippen molar-refractivity contribution >= 4 is 22.9 Å². The molecule has 1 amide bonds. The molecule has 0 bridgehead atoms. The second kappa shape index (κ2) is 5.79. The first-order valence-corrected chi connectivity index (χ1v) is 6.47. The SMILES string of the molecule is CNc1c(F)cc(C(=O)NCc2cccs2)cc1F. The number of carbonyl (C=O) groups is 1. The van der Waals surface area contributed by atoms with Gasteiger partial charge in [-0.2, -0.15) is 0 Å². The maximum Gasteiger partial charge on any atom is 0.251 e. The van der Waals surface area contributed by atoms with Gasteiger partial charge in [-0.05, 0) is 23.6 Å². The highest BCUT2D eigenvalue weighted by Gasteiger charge is 2.14. The van der Waals surface area contributed by atoms with Gasteiger partial charge in [-0.3, -0.25) is 4.79 Å². The summed E-state index contributed by atoms with van der Waals surface area (Å²) in [6.07, 6.45) is 0. The van der Waals surface area contributed by atoms with Crippen LogP contribution in [0.1, 0.15) is 15.2 Å². The molecule has 1 aromatic heterocycles. The predicted octanol–water partition coefficient (Wildman–Crippen LogP) is 3.00. The first kappa shape index (κ1) is 13.5. The molecule has 0 saturated carbocycles. The van der Waals surface area contributed by atoms with Gasteiger partial charge in [-0.15, -0.1) is 11.3 Å². The van der Waals surface area contributed by atoms with Gasteiger partial charge in [0.2, 0.25) is 0 Å². The van der Waals surface area contributed by atoms with Crippen LogP contribution < -0.4 is 10.6 Å². The van der Waals surface area contributed by atoms with Gasteiger partial charge in [-0.25, -0.2) is 8.78 Å². The second-order valence-electron chi connectivity index (χ2n) is 3.83. The molecule has 2 aromatic rings. The highest BCUT2D eigenvalue weighted by atomic mass is 32.1. The lowest BCUT2D eigenvalue weighted by molar-refractivity contribution is 0.0950. The Morgan fingerprint density at radius 1 is 1.32 bits per heavy atom. The molecule has 2 N–H and O–H groups in total. The molecule has 1 aromatic carbocycles. The second-order valence-corrected chi connectivity index (χ2v) is 4.86. The highest BCUT2D eigenvalue weighted by Crippen LogP contribution is 2.20. The highest BCUT2D eigenvalue weighted by molar-refractivity contribution is 7.09. The van der Waals surface area contributed by atoms with Crippen LogP contribution in [0, 0.1) is 11.6 Å². The number of hydrogen-bond acceptors (Lipinski definition) is 3. The molecule has 0 fully saturated rings. The molecule has 19 heavy (non-hydrogen) atoms. The van der Waals surface area contributed by atoms with E-state index >= 15 is 0 Å². The van der Waals surface area contributed by atoms with Crippen LogP contribution in [0.5, 0.6) is 0 Å². The minimum Gasteiger partial charge on any atom is -0.383 e. The molecule has 100 valence electrons. The Kier molecular flexibility index (Phi) is 4.11. The van der Waals surface area contributed by atoms with Crippen molar-refractivity contribution in [2.75, 3.05) is 12.4 Å². The van der Waals surface area contributed by atoms with Gasteiger partial charge in [0, 0.05) is 17.5 Å². The fourth-order valence-electron chi connectivity index (χ4n) is 1.63. The average molecular weight is 282 g/mol. The summed E-state index contributed by atoms with van der Waals surface area (Å²) < 4.78 is 27.0. The van der Waals surface area contributed by atoms with Crippen molar-refractivity contribution in [2.24, 2.45) is 0 Å². The Labute approximate surface area is 113 Å². The summed E-state index contributed by atoms with van der Waals surface area (Å²) in [5, 5.41) is 6.91. The average Bonchev–Trinajstić information content (AvgIpc) is 2.88. The van der Waals surface area contributed by atoms with E-state index in [1.54, 1.807) is 0 Å². The number of nitrogens with one attached hydrogen (secondary N) is 2. The minimum atomic E-state index is -0.788. The lowest BCUT2D eigenvalue weighted by Crippen LogP contribution is -2.22. The molecule has 0 spiro atoms. The molecule has 0 radical (unpaired) electrons. The Hall–Kier alpha value is -1.95. The number of thiophene rings is 1. The number of rotatable bonds is 4. The summed E-state index contributed by atoms with van der Waals surface area (Å²) >= 11 is 1.50. The summed E-state index contributed by atoms with van der Waals surface area (Å²) in [7, 11) is 1.41. The Morgan fingerprint density at radius 3 is 2.53 bits per heavy atom. The van der Waals surface area contributed by atoms with E-state index in [9.17, 15) is 13.6 Å². The first-order valence-electron chi connectivity index (χ1n) is 5.59. The molecule has 0 atom stereocenters. The van der Waals surface area contributed by atoms with Crippen molar-refractivity contribution in [1.29, 1.82) is 0 Å².